The van der Waals surface area contributed by atoms with Gasteiger partial charge in [-0.2, -0.15) is 0 Å². The van der Waals surface area contributed by atoms with E-state index in [9.17, 15) is 14.4 Å². The van der Waals surface area contributed by atoms with Gasteiger partial charge in [-0.15, -0.1) is 11.3 Å². The van der Waals surface area contributed by atoms with Crippen LogP contribution >= 0.6 is 11.3 Å². The standard InChI is InChI=1S/C29H32N6O3.C13H17NOS/c1-18(2)26(34-29(37)38-3)28(36)35-14-4-5-25(35)27-31-16-24(33-27)22-12-8-20(9-13-22)19-6-10-21(11-7-19)23-15-30-17-32-23;15-13(14-8-11-2-1-5-16-11)12-7-9-3-4-10(12)6-9/h6-13,15-18,25-26H,4-5,14H2,1-3H3,(H,30,32)(H,31,33)(H,34,37);1-2,5,9-10,12H,3-4,6-8H2,(H,14,15). The van der Waals surface area contributed by atoms with Crippen molar-refractivity contribution >= 4 is 29.2 Å². The van der Waals surface area contributed by atoms with Crippen molar-refractivity contribution in [1.29, 1.82) is 0 Å². The number of hydrogen-bond donors (Lipinski definition) is 4. The molecule has 2 bridgehead atoms. The largest absolute Gasteiger partial charge is 0.453 e. The zero-order chi connectivity index (χ0) is 37.6. The van der Waals surface area contributed by atoms with Crippen molar-refractivity contribution in [2.75, 3.05) is 13.7 Å². The van der Waals surface area contributed by atoms with Gasteiger partial charge in [0.05, 0.1) is 49.8 Å². The molecule has 2 aliphatic carbocycles. The van der Waals surface area contributed by atoms with Crippen molar-refractivity contribution in [1.82, 2.24) is 35.5 Å². The summed E-state index contributed by atoms with van der Waals surface area (Å²) in [5.74, 6) is 2.71. The number of likely N-dealkylation sites (tertiary alicyclic amines) is 1. The number of rotatable bonds is 10. The van der Waals surface area contributed by atoms with Gasteiger partial charge in [-0.25, -0.2) is 14.8 Å². The minimum Gasteiger partial charge on any atom is -0.453 e. The second-order valence-corrected chi connectivity index (χ2v) is 16.0. The molecule has 2 aromatic carbocycles. The number of imidazole rings is 2. The van der Waals surface area contributed by atoms with Gasteiger partial charge in [-0.05, 0) is 83.6 Å². The third-order valence-corrected chi connectivity index (χ3v) is 12.0. The number of alkyl carbamates (subject to hydrolysis) is 1. The highest BCUT2D eigenvalue weighted by molar-refractivity contribution is 7.09. The van der Waals surface area contributed by atoms with Gasteiger partial charge in [0, 0.05) is 17.3 Å². The van der Waals surface area contributed by atoms with E-state index in [0.29, 0.717) is 30.8 Å². The van der Waals surface area contributed by atoms with Gasteiger partial charge < -0.3 is 30.2 Å². The molecule has 3 aromatic heterocycles. The van der Waals surface area contributed by atoms with E-state index in [1.807, 2.05) is 37.2 Å². The fourth-order valence-corrected chi connectivity index (χ4v) is 8.87. The van der Waals surface area contributed by atoms with Crippen LogP contribution in [0.5, 0.6) is 0 Å². The van der Waals surface area contributed by atoms with E-state index in [-0.39, 0.29) is 17.9 Å². The Labute approximate surface area is 320 Å². The Balaban J connectivity index is 0.000000232. The number of amides is 3. The number of ether oxygens (including phenoxy) is 1. The third-order valence-electron chi connectivity index (χ3n) is 11.2. The molecule has 8 rings (SSSR count). The van der Waals surface area contributed by atoms with Crippen LogP contribution in [-0.2, 0) is 20.9 Å². The molecule has 5 unspecified atom stereocenters. The number of benzene rings is 2. The van der Waals surface area contributed by atoms with Gasteiger partial charge in [0.15, 0.2) is 0 Å². The minimum atomic E-state index is -0.654. The predicted octanol–water partition coefficient (Wildman–Crippen LogP) is 7.98. The fourth-order valence-electron chi connectivity index (χ4n) is 8.23. The van der Waals surface area contributed by atoms with Crippen LogP contribution in [0.15, 0.2) is 84.8 Å². The predicted molar refractivity (Wildman–Crippen MR) is 210 cm³/mol. The maximum Gasteiger partial charge on any atom is 0.407 e. The third kappa shape index (κ3) is 8.44. The van der Waals surface area contributed by atoms with Gasteiger partial charge >= 0.3 is 6.09 Å². The van der Waals surface area contributed by atoms with Gasteiger partial charge in [0.25, 0.3) is 0 Å². The first kappa shape index (κ1) is 37.1. The number of nitrogens with zero attached hydrogens (tertiary/aromatic N) is 3. The van der Waals surface area contributed by atoms with E-state index in [2.05, 4.69) is 90.5 Å². The average Bonchev–Trinajstić information content (AvgIpc) is 4.05. The molecule has 5 atom stereocenters. The fraction of sp³-hybridized carbons (Fsp3) is 0.405. The molecule has 4 heterocycles. The first-order valence-electron chi connectivity index (χ1n) is 19.0. The highest BCUT2D eigenvalue weighted by Crippen LogP contribution is 2.48. The maximum atomic E-state index is 13.4. The molecule has 3 fully saturated rings. The number of carbonyl (C=O) groups excluding carboxylic acids is 3. The maximum absolute atomic E-state index is 13.4. The molecule has 0 spiro atoms. The van der Waals surface area contributed by atoms with E-state index < -0.39 is 12.1 Å². The molecule has 0 radical (unpaired) electrons. The summed E-state index contributed by atoms with van der Waals surface area (Å²) >= 11 is 1.71. The van der Waals surface area contributed by atoms with Crippen molar-refractivity contribution in [2.45, 2.75) is 71.0 Å². The number of carbonyl (C=O) groups is 3. The molecular formula is C42H49N7O4S. The number of aromatic nitrogens is 4. The summed E-state index contributed by atoms with van der Waals surface area (Å²) in [5.41, 5.74) is 6.25. The molecule has 12 heteroatoms. The van der Waals surface area contributed by atoms with Crippen molar-refractivity contribution in [3.05, 3.63) is 95.5 Å². The number of fused-ring (bicyclic) bond motifs is 2. The van der Waals surface area contributed by atoms with Crippen LogP contribution in [0.4, 0.5) is 4.79 Å². The van der Waals surface area contributed by atoms with Gasteiger partial charge in [-0.1, -0.05) is 74.9 Å². The smallest absolute Gasteiger partial charge is 0.407 e. The molecule has 1 aliphatic heterocycles. The Bertz CT molecular complexity index is 1990. The number of thiophene rings is 1. The minimum absolute atomic E-state index is 0.0739. The normalized spacial score (nSPS) is 20.7. The average molecular weight is 748 g/mol. The summed E-state index contributed by atoms with van der Waals surface area (Å²) < 4.78 is 4.72. The Morgan fingerprint density at radius 1 is 0.926 bits per heavy atom. The van der Waals surface area contributed by atoms with Crippen molar-refractivity contribution in [2.24, 2.45) is 23.7 Å². The first-order valence-corrected chi connectivity index (χ1v) is 19.8. The van der Waals surface area contributed by atoms with Crippen molar-refractivity contribution in [3.8, 4) is 33.6 Å². The van der Waals surface area contributed by atoms with Crippen LogP contribution in [0, 0.1) is 23.7 Å². The number of aromatic amines is 2. The first-order chi connectivity index (χ1) is 26.3. The van der Waals surface area contributed by atoms with E-state index in [1.54, 1.807) is 17.7 Å². The monoisotopic (exact) mass is 747 g/mol. The summed E-state index contributed by atoms with van der Waals surface area (Å²) in [5, 5.41) is 7.83. The molecule has 54 heavy (non-hydrogen) atoms. The number of hydrogen-bond acceptors (Lipinski definition) is 7. The Morgan fingerprint density at radius 3 is 2.24 bits per heavy atom. The lowest BCUT2D eigenvalue weighted by Gasteiger charge is -2.30. The summed E-state index contributed by atoms with van der Waals surface area (Å²) in [6.07, 6.45) is 11.5. The SMILES string of the molecule is COC(=O)NC(C(=O)N1CCCC1c1ncc(-c2ccc(-c3ccc(-c4cnc[nH]4)cc3)cc2)[nH]1)C(C)C.O=C(NCc1cccs1)C1CC2CCC1C2. The Hall–Kier alpha value is -5.23. The van der Waals surface area contributed by atoms with Gasteiger partial charge in [-0.3, -0.25) is 9.59 Å². The van der Waals surface area contributed by atoms with E-state index in [1.165, 1.54) is 31.2 Å². The second-order valence-electron chi connectivity index (χ2n) is 14.9. The zero-order valence-corrected chi connectivity index (χ0v) is 31.9. The van der Waals surface area contributed by atoms with Crippen LogP contribution in [-0.4, -0.2) is 62.4 Å². The summed E-state index contributed by atoms with van der Waals surface area (Å²) in [6.45, 7) is 5.15. The molecule has 4 N–H and O–H groups in total. The van der Waals surface area contributed by atoms with E-state index >= 15 is 0 Å². The van der Waals surface area contributed by atoms with Gasteiger partial charge in [0.1, 0.15) is 11.9 Å². The Kier molecular flexibility index (Phi) is 11.6. The highest BCUT2D eigenvalue weighted by Gasteiger charge is 2.43. The zero-order valence-electron chi connectivity index (χ0n) is 31.1. The van der Waals surface area contributed by atoms with Crippen molar-refractivity contribution in [3.63, 3.8) is 0 Å². The summed E-state index contributed by atoms with van der Waals surface area (Å²) in [7, 11) is 1.30. The van der Waals surface area contributed by atoms with Crippen LogP contribution in [0.2, 0.25) is 0 Å². The molecule has 3 amide bonds. The molecular weight excluding hydrogens is 699 g/mol. The Morgan fingerprint density at radius 2 is 1.65 bits per heavy atom. The van der Waals surface area contributed by atoms with Crippen molar-refractivity contribution < 1.29 is 19.1 Å². The molecule has 3 aliphatic rings. The lowest BCUT2D eigenvalue weighted by atomic mass is 9.88. The van der Waals surface area contributed by atoms with Crippen LogP contribution < -0.4 is 10.6 Å². The lowest BCUT2D eigenvalue weighted by molar-refractivity contribution is -0.135. The molecule has 2 saturated carbocycles. The number of H-pyrrole nitrogens is 2. The quantitative estimate of drug-likeness (QED) is 0.114. The van der Waals surface area contributed by atoms with E-state index in [4.69, 9.17) is 4.74 Å². The molecule has 282 valence electrons. The lowest BCUT2D eigenvalue weighted by Crippen LogP contribution is -2.51. The van der Waals surface area contributed by atoms with Crippen LogP contribution in [0.25, 0.3) is 33.6 Å². The van der Waals surface area contributed by atoms with Crippen LogP contribution in [0.3, 0.4) is 0 Å². The topological polar surface area (TPSA) is 145 Å². The summed E-state index contributed by atoms with van der Waals surface area (Å²) in [6, 6.07) is 20.0. The molecule has 11 nitrogen and oxygen atoms in total. The second kappa shape index (κ2) is 16.8. The van der Waals surface area contributed by atoms with Crippen LogP contribution in [0.1, 0.15) is 69.1 Å². The molecule has 1 saturated heterocycles. The summed E-state index contributed by atoms with van der Waals surface area (Å²) in [4.78, 5) is 55.5. The highest BCUT2D eigenvalue weighted by atomic mass is 32.1. The number of methoxy groups -OCH3 is 1. The number of nitrogens with one attached hydrogen (secondary N) is 4. The van der Waals surface area contributed by atoms with Gasteiger partial charge in [0.2, 0.25) is 11.8 Å². The van der Waals surface area contributed by atoms with E-state index in [0.717, 1.165) is 64.6 Å². The molecule has 5 aromatic rings.